The van der Waals surface area contributed by atoms with E-state index in [4.69, 9.17) is 4.98 Å². The summed E-state index contributed by atoms with van der Waals surface area (Å²) in [6.07, 6.45) is 0. The Labute approximate surface area is 164 Å². The Morgan fingerprint density at radius 1 is 1.00 bits per heavy atom. The van der Waals surface area contributed by atoms with Gasteiger partial charge in [-0.1, -0.05) is 48.5 Å². The van der Waals surface area contributed by atoms with Crippen LogP contribution in [-0.4, -0.2) is 46.9 Å². The van der Waals surface area contributed by atoms with Gasteiger partial charge in [0.05, 0.1) is 5.69 Å². The van der Waals surface area contributed by atoms with Crippen molar-refractivity contribution in [2.75, 3.05) is 26.2 Å². The summed E-state index contributed by atoms with van der Waals surface area (Å²) in [5.74, 6) is 0.146. The summed E-state index contributed by atoms with van der Waals surface area (Å²) in [5.41, 5.74) is 4.14. The van der Waals surface area contributed by atoms with Crippen molar-refractivity contribution in [2.45, 2.75) is 13.5 Å². The Morgan fingerprint density at radius 2 is 1.70 bits per heavy atom. The van der Waals surface area contributed by atoms with Crippen LogP contribution < -0.4 is 0 Å². The second kappa shape index (κ2) is 8.03. The van der Waals surface area contributed by atoms with Crippen molar-refractivity contribution in [3.8, 4) is 10.6 Å². The maximum Gasteiger partial charge on any atom is 0.254 e. The van der Waals surface area contributed by atoms with E-state index in [9.17, 15) is 4.79 Å². The lowest BCUT2D eigenvalue weighted by Gasteiger charge is -2.34. The summed E-state index contributed by atoms with van der Waals surface area (Å²) in [5, 5.41) is 3.21. The van der Waals surface area contributed by atoms with E-state index in [2.05, 4.69) is 22.4 Å². The minimum Gasteiger partial charge on any atom is -0.336 e. The number of nitrogens with zero attached hydrogens (tertiary/aromatic N) is 3. The molecule has 0 atom stereocenters. The summed E-state index contributed by atoms with van der Waals surface area (Å²) in [6, 6.07) is 18.1. The van der Waals surface area contributed by atoms with Crippen molar-refractivity contribution < 1.29 is 4.79 Å². The van der Waals surface area contributed by atoms with Crippen LogP contribution in [0.2, 0.25) is 0 Å². The van der Waals surface area contributed by atoms with E-state index in [0.29, 0.717) is 0 Å². The third kappa shape index (κ3) is 4.10. The van der Waals surface area contributed by atoms with Crippen LogP contribution in [0.25, 0.3) is 10.6 Å². The quantitative estimate of drug-likeness (QED) is 0.687. The van der Waals surface area contributed by atoms with Crippen LogP contribution in [0, 0.1) is 6.92 Å². The molecule has 1 fully saturated rings. The molecule has 4 nitrogen and oxygen atoms in total. The summed E-state index contributed by atoms with van der Waals surface area (Å²) in [4.78, 5) is 21.9. The van der Waals surface area contributed by atoms with Crippen LogP contribution in [0.3, 0.4) is 0 Å². The van der Waals surface area contributed by atoms with Crippen molar-refractivity contribution >= 4 is 17.2 Å². The molecule has 1 saturated heterocycles. The van der Waals surface area contributed by atoms with Crippen molar-refractivity contribution in [1.29, 1.82) is 0 Å². The van der Waals surface area contributed by atoms with E-state index in [0.717, 1.165) is 54.6 Å². The maximum atomic E-state index is 12.7. The van der Waals surface area contributed by atoms with Gasteiger partial charge in [0.25, 0.3) is 5.91 Å². The lowest BCUT2D eigenvalue weighted by atomic mass is 10.1. The van der Waals surface area contributed by atoms with E-state index in [1.54, 1.807) is 11.3 Å². The Bertz CT molecular complexity index is 914. The number of hydrogen-bond donors (Lipinski definition) is 0. The Hall–Kier alpha value is -2.50. The second-order valence-corrected chi connectivity index (χ2v) is 7.75. The van der Waals surface area contributed by atoms with Gasteiger partial charge in [0, 0.05) is 49.2 Å². The molecule has 0 bridgehead atoms. The van der Waals surface area contributed by atoms with E-state index in [1.165, 1.54) is 5.56 Å². The third-order valence-corrected chi connectivity index (χ3v) is 5.93. The number of rotatable bonds is 4. The highest BCUT2D eigenvalue weighted by atomic mass is 32.1. The maximum absolute atomic E-state index is 12.7. The van der Waals surface area contributed by atoms with Gasteiger partial charge in [-0.05, 0) is 18.6 Å². The molecule has 3 aromatic rings. The largest absolute Gasteiger partial charge is 0.336 e. The zero-order valence-corrected chi connectivity index (χ0v) is 16.3. The molecule has 0 aliphatic carbocycles. The van der Waals surface area contributed by atoms with Gasteiger partial charge in [0.2, 0.25) is 0 Å². The molecule has 0 N–H and O–H groups in total. The fourth-order valence-electron chi connectivity index (χ4n) is 3.41. The van der Waals surface area contributed by atoms with Gasteiger partial charge in [0.15, 0.2) is 0 Å². The molecule has 0 saturated carbocycles. The van der Waals surface area contributed by atoms with Gasteiger partial charge in [-0.2, -0.15) is 0 Å². The second-order valence-electron chi connectivity index (χ2n) is 6.89. The van der Waals surface area contributed by atoms with Crippen LogP contribution in [-0.2, 0) is 6.54 Å². The van der Waals surface area contributed by atoms with Crippen molar-refractivity contribution in [3.05, 3.63) is 76.8 Å². The van der Waals surface area contributed by atoms with E-state index < -0.39 is 0 Å². The lowest BCUT2D eigenvalue weighted by molar-refractivity contribution is 0.0626. The summed E-state index contributed by atoms with van der Waals surface area (Å²) in [7, 11) is 0. The van der Waals surface area contributed by atoms with E-state index >= 15 is 0 Å². The molecule has 0 unspecified atom stereocenters. The number of benzene rings is 2. The highest BCUT2D eigenvalue weighted by Gasteiger charge is 2.23. The first-order valence-corrected chi connectivity index (χ1v) is 10.2. The van der Waals surface area contributed by atoms with Gasteiger partial charge >= 0.3 is 0 Å². The van der Waals surface area contributed by atoms with Crippen molar-refractivity contribution in [3.63, 3.8) is 0 Å². The molecule has 27 heavy (non-hydrogen) atoms. The molecule has 2 heterocycles. The number of aromatic nitrogens is 1. The average molecular weight is 378 g/mol. The Morgan fingerprint density at radius 3 is 2.44 bits per heavy atom. The monoisotopic (exact) mass is 377 g/mol. The number of thiazole rings is 1. The fourth-order valence-corrected chi connectivity index (χ4v) is 4.23. The van der Waals surface area contributed by atoms with Crippen LogP contribution in [0.5, 0.6) is 0 Å². The SMILES string of the molecule is Cc1ccccc1C(=O)N1CCN(Cc2csc(-c3ccccc3)n2)CC1. The molecule has 1 aromatic heterocycles. The lowest BCUT2D eigenvalue weighted by Crippen LogP contribution is -2.48. The van der Waals surface area contributed by atoms with Crippen LogP contribution >= 0.6 is 11.3 Å². The smallest absolute Gasteiger partial charge is 0.254 e. The number of hydrogen-bond acceptors (Lipinski definition) is 4. The highest BCUT2D eigenvalue weighted by Crippen LogP contribution is 2.24. The molecule has 138 valence electrons. The summed E-state index contributed by atoms with van der Waals surface area (Å²) in [6.45, 7) is 6.14. The predicted octanol–water partition coefficient (Wildman–Crippen LogP) is 4.08. The number of amides is 1. The molecule has 0 radical (unpaired) electrons. The molecular formula is C22H23N3OS. The molecule has 0 spiro atoms. The molecule has 1 aliphatic heterocycles. The molecule has 5 heteroatoms. The van der Waals surface area contributed by atoms with Crippen LogP contribution in [0.15, 0.2) is 60.0 Å². The normalized spacial score (nSPS) is 15.1. The molecule has 2 aromatic carbocycles. The topological polar surface area (TPSA) is 36.4 Å². The number of aryl methyl sites for hydroxylation is 1. The first-order valence-electron chi connectivity index (χ1n) is 9.28. The summed E-state index contributed by atoms with van der Waals surface area (Å²) < 4.78 is 0. The van der Waals surface area contributed by atoms with Crippen molar-refractivity contribution in [1.82, 2.24) is 14.8 Å². The summed E-state index contributed by atoms with van der Waals surface area (Å²) >= 11 is 1.69. The third-order valence-electron chi connectivity index (χ3n) is 4.99. The molecule has 1 aliphatic rings. The molecule has 4 rings (SSSR count). The van der Waals surface area contributed by atoms with Crippen LogP contribution in [0.1, 0.15) is 21.6 Å². The number of carbonyl (C=O) groups excluding carboxylic acids is 1. The van der Waals surface area contributed by atoms with Gasteiger partial charge < -0.3 is 4.90 Å². The predicted molar refractivity (Wildman–Crippen MR) is 110 cm³/mol. The van der Waals surface area contributed by atoms with Crippen molar-refractivity contribution in [2.24, 2.45) is 0 Å². The zero-order valence-electron chi connectivity index (χ0n) is 15.5. The van der Waals surface area contributed by atoms with Gasteiger partial charge in [-0.3, -0.25) is 9.69 Å². The fraction of sp³-hybridized carbons (Fsp3) is 0.273. The first kappa shape index (κ1) is 17.9. The number of carbonyl (C=O) groups is 1. The van der Waals surface area contributed by atoms with Gasteiger partial charge in [-0.15, -0.1) is 11.3 Å². The van der Waals surface area contributed by atoms with Gasteiger partial charge in [-0.25, -0.2) is 4.98 Å². The minimum absolute atomic E-state index is 0.146. The molecular weight excluding hydrogens is 354 g/mol. The molecule has 1 amide bonds. The van der Waals surface area contributed by atoms with Crippen LogP contribution in [0.4, 0.5) is 0 Å². The zero-order chi connectivity index (χ0) is 18.6. The van der Waals surface area contributed by atoms with Gasteiger partial charge in [0.1, 0.15) is 5.01 Å². The Kier molecular flexibility index (Phi) is 5.32. The average Bonchev–Trinajstić information content (AvgIpc) is 3.18. The number of piperazine rings is 1. The first-order chi connectivity index (χ1) is 13.2. The highest BCUT2D eigenvalue weighted by molar-refractivity contribution is 7.13. The Balaban J connectivity index is 1.34. The van der Waals surface area contributed by atoms with E-state index in [1.807, 2.05) is 54.3 Å². The minimum atomic E-state index is 0.146. The standard InChI is InChI=1S/C22H23N3OS/c1-17-7-5-6-10-20(17)22(26)25-13-11-24(12-14-25)15-19-16-27-21(23-19)18-8-3-2-4-9-18/h2-10,16H,11-15H2,1H3. The van der Waals surface area contributed by atoms with E-state index in [-0.39, 0.29) is 5.91 Å².